The number of hydrogen-bond donors (Lipinski definition) is 1. The normalized spacial score (nSPS) is 12.6. The van der Waals surface area contributed by atoms with Crippen LogP contribution in [0.4, 0.5) is 24.5 Å². The Morgan fingerprint density at radius 3 is 2.55 bits per heavy atom. The maximum Gasteiger partial charge on any atom is 0.418 e. The third-order valence-electron chi connectivity index (χ3n) is 3.42. The number of nitro groups is 1. The minimum absolute atomic E-state index is 0.302. The number of alkyl halides is 3. The maximum absolute atomic E-state index is 13.1. The SMILES string of the molecule is CC(OC(=O)/C=C/c1ccc(Br)o1)C(=O)Nc1ccc([N+](=O)[O-])cc1C(F)(F)F. The molecule has 1 N–H and O–H groups in total. The topological polar surface area (TPSA) is 112 Å². The van der Waals surface area contributed by atoms with Gasteiger partial charge in [0.2, 0.25) is 0 Å². The van der Waals surface area contributed by atoms with E-state index in [1.165, 1.54) is 6.08 Å². The predicted octanol–water partition coefficient (Wildman–Crippen LogP) is 4.55. The highest BCUT2D eigenvalue weighted by atomic mass is 79.9. The average molecular weight is 477 g/mol. The molecule has 0 aliphatic heterocycles. The molecule has 0 spiro atoms. The van der Waals surface area contributed by atoms with Crippen LogP contribution in [0, 0.1) is 10.1 Å². The molecule has 1 aromatic carbocycles. The fourth-order valence-corrected chi connectivity index (χ4v) is 2.38. The van der Waals surface area contributed by atoms with Crippen LogP contribution in [0.25, 0.3) is 6.08 Å². The summed E-state index contributed by atoms with van der Waals surface area (Å²) in [4.78, 5) is 33.5. The van der Waals surface area contributed by atoms with Crippen LogP contribution in [0.1, 0.15) is 18.2 Å². The first-order chi connectivity index (χ1) is 13.5. The van der Waals surface area contributed by atoms with Crippen LogP contribution in [-0.4, -0.2) is 22.9 Å². The number of anilines is 1. The second kappa shape index (κ2) is 8.90. The molecule has 0 bridgehead atoms. The number of benzene rings is 1. The average Bonchev–Trinajstić information content (AvgIpc) is 3.04. The zero-order valence-corrected chi connectivity index (χ0v) is 16.1. The summed E-state index contributed by atoms with van der Waals surface area (Å²) in [6.45, 7) is 1.16. The number of carbonyl (C=O) groups is 2. The van der Waals surface area contributed by atoms with Crippen molar-refractivity contribution in [2.24, 2.45) is 0 Å². The largest absolute Gasteiger partial charge is 0.450 e. The summed E-state index contributed by atoms with van der Waals surface area (Å²) < 4.78 is 49.8. The number of rotatable bonds is 6. The van der Waals surface area contributed by atoms with E-state index in [1.54, 1.807) is 12.1 Å². The Morgan fingerprint density at radius 1 is 1.31 bits per heavy atom. The quantitative estimate of drug-likeness (QED) is 0.283. The smallest absolute Gasteiger partial charge is 0.418 e. The van der Waals surface area contributed by atoms with Crippen LogP contribution in [0.2, 0.25) is 0 Å². The van der Waals surface area contributed by atoms with Gasteiger partial charge in [-0.25, -0.2) is 4.79 Å². The van der Waals surface area contributed by atoms with E-state index < -0.39 is 46.0 Å². The van der Waals surface area contributed by atoms with E-state index >= 15 is 0 Å². The number of nitro benzene ring substituents is 1. The van der Waals surface area contributed by atoms with Crippen molar-refractivity contribution in [3.05, 3.63) is 62.5 Å². The molecular weight excluding hydrogens is 465 g/mol. The number of halogens is 4. The summed E-state index contributed by atoms with van der Waals surface area (Å²) in [5.74, 6) is -1.65. The lowest BCUT2D eigenvalue weighted by Crippen LogP contribution is -2.30. The summed E-state index contributed by atoms with van der Waals surface area (Å²) in [7, 11) is 0. The number of ether oxygens (including phenoxy) is 1. The second-order valence-electron chi connectivity index (χ2n) is 5.53. The molecule has 2 aromatic rings. The predicted molar refractivity (Wildman–Crippen MR) is 97.7 cm³/mol. The number of non-ortho nitro benzene ring substituents is 1. The molecule has 2 rings (SSSR count). The van der Waals surface area contributed by atoms with E-state index in [0.717, 1.165) is 25.1 Å². The zero-order chi connectivity index (χ0) is 21.8. The zero-order valence-electron chi connectivity index (χ0n) is 14.5. The molecule has 12 heteroatoms. The van der Waals surface area contributed by atoms with Gasteiger partial charge in [-0.15, -0.1) is 0 Å². The number of carbonyl (C=O) groups excluding carboxylic acids is 2. The van der Waals surface area contributed by atoms with Gasteiger partial charge < -0.3 is 14.5 Å². The van der Waals surface area contributed by atoms with Crippen molar-refractivity contribution in [3.63, 3.8) is 0 Å². The molecule has 8 nitrogen and oxygen atoms in total. The first-order valence-corrected chi connectivity index (χ1v) is 8.57. The number of esters is 1. The molecule has 0 fully saturated rings. The summed E-state index contributed by atoms with van der Waals surface area (Å²) >= 11 is 3.08. The fraction of sp³-hybridized carbons (Fsp3) is 0.176. The van der Waals surface area contributed by atoms with E-state index in [0.29, 0.717) is 16.5 Å². The van der Waals surface area contributed by atoms with Gasteiger partial charge in [0.05, 0.1) is 16.2 Å². The van der Waals surface area contributed by atoms with Crippen LogP contribution in [-0.2, 0) is 20.5 Å². The lowest BCUT2D eigenvalue weighted by atomic mass is 10.1. The monoisotopic (exact) mass is 476 g/mol. The summed E-state index contributed by atoms with van der Waals surface area (Å²) in [5.41, 5.74) is -2.89. The minimum Gasteiger partial charge on any atom is -0.450 e. The molecule has 1 atom stereocenters. The van der Waals surface area contributed by atoms with E-state index in [2.05, 4.69) is 15.9 Å². The van der Waals surface area contributed by atoms with Crippen molar-refractivity contribution in [3.8, 4) is 0 Å². The number of nitrogens with zero attached hydrogens (tertiary/aromatic N) is 1. The molecule has 0 saturated heterocycles. The third kappa shape index (κ3) is 6.17. The molecule has 0 radical (unpaired) electrons. The van der Waals surface area contributed by atoms with Gasteiger partial charge in [-0.3, -0.25) is 14.9 Å². The molecule has 1 aromatic heterocycles. The van der Waals surface area contributed by atoms with Gasteiger partial charge in [-0.05, 0) is 47.1 Å². The summed E-state index contributed by atoms with van der Waals surface area (Å²) in [6, 6.07) is 5.01. The number of furan rings is 1. The van der Waals surface area contributed by atoms with Crippen molar-refractivity contribution >= 4 is 45.3 Å². The number of nitrogens with one attached hydrogen (secondary N) is 1. The van der Waals surface area contributed by atoms with Crippen molar-refractivity contribution in [2.75, 3.05) is 5.32 Å². The Bertz CT molecular complexity index is 970. The Morgan fingerprint density at radius 2 is 2.00 bits per heavy atom. The van der Waals surface area contributed by atoms with Crippen molar-refractivity contribution in [2.45, 2.75) is 19.2 Å². The lowest BCUT2D eigenvalue weighted by Gasteiger charge is -2.16. The Kier molecular flexibility index (Phi) is 6.80. The summed E-state index contributed by atoms with van der Waals surface area (Å²) in [5, 5.41) is 12.6. The van der Waals surface area contributed by atoms with Crippen LogP contribution in [0.3, 0.4) is 0 Å². The van der Waals surface area contributed by atoms with Gasteiger partial charge in [0.15, 0.2) is 10.8 Å². The van der Waals surface area contributed by atoms with E-state index in [-0.39, 0.29) is 0 Å². The Hall–Kier alpha value is -3.15. The fourth-order valence-electron chi connectivity index (χ4n) is 2.06. The van der Waals surface area contributed by atoms with Crippen LogP contribution in [0.15, 0.2) is 45.5 Å². The molecule has 0 saturated carbocycles. The molecule has 1 heterocycles. The highest BCUT2D eigenvalue weighted by Crippen LogP contribution is 2.37. The van der Waals surface area contributed by atoms with Gasteiger partial charge in [0.1, 0.15) is 5.76 Å². The van der Waals surface area contributed by atoms with Gasteiger partial charge in [0, 0.05) is 18.2 Å². The van der Waals surface area contributed by atoms with Gasteiger partial charge >= 0.3 is 12.1 Å². The minimum atomic E-state index is -4.95. The Balaban J connectivity index is 2.08. The molecule has 154 valence electrons. The highest BCUT2D eigenvalue weighted by Gasteiger charge is 2.36. The van der Waals surface area contributed by atoms with Crippen molar-refractivity contribution < 1.29 is 36.8 Å². The molecule has 0 aliphatic rings. The first-order valence-electron chi connectivity index (χ1n) is 7.78. The van der Waals surface area contributed by atoms with Crippen LogP contribution < -0.4 is 5.32 Å². The molecule has 1 amide bonds. The van der Waals surface area contributed by atoms with Crippen LogP contribution >= 0.6 is 15.9 Å². The van der Waals surface area contributed by atoms with E-state index in [4.69, 9.17) is 9.15 Å². The molecule has 0 aliphatic carbocycles. The van der Waals surface area contributed by atoms with Gasteiger partial charge in [0.25, 0.3) is 11.6 Å². The molecule has 1 unspecified atom stereocenters. The molecule has 29 heavy (non-hydrogen) atoms. The van der Waals surface area contributed by atoms with Gasteiger partial charge in [-0.2, -0.15) is 13.2 Å². The van der Waals surface area contributed by atoms with E-state index in [1.807, 2.05) is 5.32 Å². The highest BCUT2D eigenvalue weighted by molar-refractivity contribution is 9.10. The molecular formula is C17H12BrF3N2O6. The number of amides is 1. The number of hydrogen-bond acceptors (Lipinski definition) is 6. The van der Waals surface area contributed by atoms with E-state index in [9.17, 15) is 32.9 Å². The summed E-state index contributed by atoms with van der Waals surface area (Å²) in [6.07, 6.45) is -4.14. The Labute approximate surface area is 169 Å². The van der Waals surface area contributed by atoms with Gasteiger partial charge in [-0.1, -0.05) is 0 Å². The second-order valence-corrected chi connectivity index (χ2v) is 6.31. The lowest BCUT2D eigenvalue weighted by molar-refractivity contribution is -0.385. The standard InChI is InChI=1S/C17H12BrF3N2O6/c1-9(28-15(24)7-4-11-3-6-14(18)29-11)16(25)22-13-5-2-10(23(26)27)8-12(13)17(19,20)21/h2-9H,1H3,(H,22,25)/b7-4+. The maximum atomic E-state index is 13.1. The first kappa shape index (κ1) is 22.1. The third-order valence-corrected chi connectivity index (χ3v) is 3.84. The van der Waals surface area contributed by atoms with Crippen LogP contribution in [0.5, 0.6) is 0 Å². The van der Waals surface area contributed by atoms with Crippen molar-refractivity contribution in [1.82, 2.24) is 0 Å². The van der Waals surface area contributed by atoms with Crippen molar-refractivity contribution in [1.29, 1.82) is 0 Å².